The summed E-state index contributed by atoms with van der Waals surface area (Å²) in [6.07, 6.45) is 0. The van der Waals surface area contributed by atoms with Gasteiger partial charge in [-0.25, -0.2) is 0 Å². The first kappa shape index (κ1) is 13.4. The van der Waals surface area contributed by atoms with Crippen molar-refractivity contribution >= 4 is 17.6 Å². The van der Waals surface area contributed by atoms with Crippen LogP contribution in [0.1, 0.15) is 19.5 Å². The summed E-state index contributed by atoms with van der Waals surface area (Å²) in [5.74, 6) is -1.19. The van der Waals surface area contributed by atoms with Gasteiger partial charge in [0.2, 0.25) is 0 Å². The fourth-order valence-corrected chi connectivity index (χ4v) is 0.855. The summed E-state index contributed by atoms with van der Waals surface area (Å²) in [4.78, 5) is 10.7. The van der Waals surface area contributed by atoms with Gasteiger partial charge in [-0.2, -0.15) is 5.10 Å². The van der Waals surface area contributed by atoms with Crippen LogP contribution in [0.25, 0.3) is 0 Å². The van der Waals surface area contributed by atoms with Crippen molar-refractivity contribution < 1.29 is 28.8 Å². The van der Waals surface area contributed by atoms with Crippen LogP contribution in [0.15, 0.2) is 12.1 Å². The average molecular weight is 207 g/mol. The van der Waals surface area contributed by atoms with Crippen molar-refractivity contribution in [3.8, 4) is 0 Å². The molecule has 0 aromatic carbocycles. The maximum atomic E-state index is 10.7. The topological polar surface area (TPSA) is 65.9 Å². The molecule has 0 aliphatic heterocycles. The molecule has 1 aromatic rings. The first-order chi connectivity index (χ1) is 5.94. The van der Waals surface area contributed by atoms with Gasteiger partial charge in [0.1, 0.15) is 0 Å². The van der Waals surface area contributed by atoms with Crippen LogP contribution < -0.4 is 24.0 Å². The van der Waals surface area contributed by atoms with Gasteiger partial charge in [0, 0.05) is 5.41 Å². The second kappa shape index (κ2) is 4.79. The Morgan fingerprint density at radius 1 is 1.43 bits per heavy atom. The molecule has 0 amide bonds. The molecular formula is C8H8ClLiN2O2. The summed E-state index contributed by atoms with van der Waals surface area (Å²) in [7, 11) is 0. The van der Waals surface area contributed by atoms with Crippen LogP contribution >= 0.6 is 11.6 Å². The van der Waals surface area contributed by atoms with Gasteiger partial charge >= 0.3 is 18.9 Å². The molecule has 0 atom stereocenters. The number of carboxylic acid groups (broad SMARTS) is 1. The molecule has 14 heavy (non-hydrogen) atoms. The van der Waals surface area contributed by atoms with Crippen molar-refractivity contribution in [2.24, 2.45) is 0 Å². The molecule has 0 aliphatic carbocycles. The van der Waals surface area contributed by atoms with Crippen molar-refractivity contribution in [1.82, 2.24) is 10.2 Å². The van der Waals surface area contributed by atoms with E-state index < -0.39 is 11.4 Å². The minimum atomic E-state index is -1.19. The second-order valence-corrected chi connectivity index (χ2v) is 3.54. The Morgan fingerprint density at radius 2 is 2.00 bits per heavy atom. The molecule has 0 N–H and O–H groups in total. The maximum Gasteiger partial charge on any atom is 1.00 e. The third kappa shape index (κ3) is 2.71. The Bertz CT molecular complexity index is 327. The molecule has 70 valence electrons. The van der Waals surface area contributed by atoms with Crippen molar-refractivity contribution in [3.05, 3.63) is 23.0 Å². The summed E-state index contributed by atoms with van der Waals surface area (Å²) in [6.45, 7) is 3.00. The summed E-state index contributed by atoms with van der Waals surface area (Å²) in [5, 5.41) is 18.1. The Kier molecular flexibility index (Phi) is 4.59. The summed E-state index contributed by atoms with van der Waals surface area (Å²) in [6, 6.07) is 3.01. The van der Waals surface area contributed by atoms with Gasteiger partial charge in [-0.1, -0.05) is 11.6 Å². The van der Waals surface area contributed by atoms with Gasteiger partial charge in [-0.05, 0) is 26.0 Å². The largest absolute Gasteiger partial charge is 1.00 e. The number of carbonyl (C=O) groups is 1. The molecule has 0 spiro atoms. The monoisotopic (exact) mass is 206 g/mol. The molecule has 1 aromatic heterocycles. The van der Waals surface area contributed by atoms with Gasteiger partial charge in [0.05, 0.1) is 11.7 Å². The number of rotatable bonds is 2. The van der Waals surface area contributed by atoms with Gasteiger partial charge in [0.25, 0.3) is 0 Å². The minimum Gasteiger partial charge on any atom is -0.549 e. The zero-order valence-electron chi connectivity index (χ0n) is 8.24. The van der Waals surface area contributed by atoms with Gasteiger partial charge < -0.3 is 9.90 Å². The van der Waals surface area contributed by atoms with E-state index in [0.717, 1.165) is 0 Å². The summed E-state index contributed by atoms with van der Waals surface area (Å²) < 4.78 is 0. The third-order valence-electron chi connectivity index (χ3n) is 1.78. The molecule has 1 rings (SSSR count). The van der Waals surface area contributed by atoms with Crippen LogP contribution in [0.2, 0.25) is 5.15 Å². The van der Waals surface area contributed by atoms with E-state index in [1.807, 2.05) is 0 Å². The molecule has 0 saturated heterocycles. The number of aliphatic carboxylic acids is 1. The molecular weight excluding hydrogens is 198 g/mol. The average Bonchev–Trinajstić information content (AvgIpc) is 2.04. The van der Waals surface area contributed by atoms with Crippen LogP contribution in [-0.4, -0.2) is 16.2 Å². The van der Waals surface area contributed by atoms with E-state index in [0.29, 0.717) is 5.69 Å². The SMILES string of the molecule is CC(C)(C(=O)[O-])c1ccc(Cl)nn1.[Li+]. The zero-order valence-corrected chi connectivity index (χ0v) is 9.00. The number of carboxylic acids is 1. The summed E-state index contributed by atoms with van der Waals surface area (Å²) in [5.41, 5.74) is -0.811. The van der Waals surface area contributed by atoms with E-state index >= 15 is 0 Å². The molecule has 4 nitrogen and oxygen atoms in total. The van der Waals surface area contributed by atoms with Crippen LogP contribution in [0.5, 0.6) is 0 Å². The van der Waals surface area contributed by atoms with E-state index in [-0.39, 0.29) is 24.0 Å². The van der Waals surface area contributed by atoms with Crippen molar-refractivity contribution in [3.63, 3.8) is 0 Å². The molecule has 0 bridgehead atoms. The van der Waals surface area contributed by atoms with E-state index in [1.54, 1.807) is 0 Å². The van der Waals surface area contributed by atoms with E-state index in [2.05, 4.69) is 10.2 Å². The smallest absolute Gasteiger partial charge is 0.549 e. The molecule has 0 aliphatic rings. The van der Waals surface area contributed by atoms with Crippen molar-refractivity contribution in [2.75, 3.05) is 0 Å². The molecule has 0 unspecified atom stereocenters. The first-order valence-electron chi connectivity index (χ1n) is 3.66. The number of nitrogens with zero attached hydrogens (tertiary/aromatic N) is 2. The fraction of sp³-hybridized carbons (Fsp3) is 0.375. The van der Waals surface area contributed by atoms with Crippen LogP contribution in [0, 0.1) is 0 Å². The zero-order chi connectivity index (χ0) is 10.1. The van der Waals surface area contributed by atoms with Crippen LogP contribution in [-0.2, 0) is 10.2 Å². The second-order valence-electron chi connectivity index (χ2n) is 3.15. The maximum absolute atomic E-state index is 10.7. The van der Waals surface area contributed by atoms with Crippen molar-refractivity contribution in [2.45, 2.75) is 19.3 Å². The number of aromatic nitrogens is 2. The fourth-order valence-electron chi connectivity index (χ4n) is 0.754. The number of carbonyl (C=O) groups excluding carboxylic acids is 1. The van der Waals surface area contributed by atoms with Gasteiger partial charge in [-0.3, -0.25) is 0 Å². The molecule has 1 heterocycles. The van der Waals surface area contributed by atoms with Gasteiger partial charge in [-0.15, -0.1) is 5.10 Å². The van der Waals surface area contributed by atoms with Crippen LogP contribution in [0.4, 0.5) is 0 Å². The van der Waals surface area contributed by atoms with Gasteiger partial charge in [0.15, 0.2) is 5.15 Å². The van der Waals surface area contributed by atoms with E-state index in [4.69, 9.17) is 11.6 Å². The number of hydrogen-bond acceptors (Lipinski definition) is 4. The normalized spacial score (nSPS) is 10.5. The summed E-state index contributed by atoms with van der Waals surface area (Å²) >= 11 is 5.50. The third-order valence-corrected chi connectivity index (χ3v) is 1.98. The Morgan fingerprint density at radius 3 is 2.36 bits per heavy atom. The van der Waals surface area contributed by atoms with Crippen LogP contribution in [0.3, 0.4) is 0 Å². The van der Waals surface area contributed by atoms with E-state index in [1.165, 1.54) is 26.0 Å². The number of halogens is 1. The standard InChI is InChI=1S/C8H9ClN2O2.Li/c1-8(2,7(12)13)5-3-4-6(9)11-10-5;/h3-4H,1-2H3,(H,12,13);/q;+1/p-1. The first-order valence-corrected chi connectivity index (χ1v) is 4.03. The Labute approximate surface area is 98.9 Å². The predicted octanol–water partition coefficient (Wildman–Crippen LogP) is -2.84. The predicted molar refractivity (Wildman–Crippen MR) is 45.1 cm³/mol. The quantitative estimate of drug-likeness (QED) is 0.489. The van der Waals surface area contributed by atoms with Crippen molar-refractivity contribution in [1.29, 1.82) is 0 Å². The number of hydrogen-bond donors (Lipinski definition) is 0. The molecule has 6 heteroatoms. The Balaban J connectivity index is 0.00000169. The minimum absolute atomic E-state index is 0. The molecule has 0 fully saturated rings. The Hall–Kier alpha value is -0.563. The molecule has 0 saturated carbocycles. The van der Waals surface area contributed by atoms with E-state index in [9.17, 15) is 9.90 Å². The molecule has 0 radical (unpaired) electrons.